The number of carboxylic acids is 1. The third kappa shape index (κ3) is 22.5. The lowest BCUT2D eigenvalue weighted by atomic mass is 10.2. The van der Waals surface area contributed by atoms with Crippen molar-refractivity contribution < 1.29 is 85.0 Å². The number of fused-ring (bicyclic) bond motifs is 3. The van der Waals surface area contributed by atoms with Crippen molar-refractivity contribution in [1.29, 1.82) is 0 Å². The number of nitrogens with two attached hydrogens (primary N) is 1. The topological polar surface area (TPSA) is 426 Å². The monoisotopic (exact) mass is 1610 g/mol. The van der Waals surface area contributed by atoms with Crippen molar-refractivity contribution >= 4 is 111 Å². The molecule has 0 aliphatic heterocycles. The Bertz CT molecular complexity index is 5080. The molecule has 0 bridgehead atoms. The number of carboxylic acid groups (broad SMARTS) is 1. The van der Waals surface area contributed by atoms with E-state index in [4.69, 9.17) is 38.9 Å². The number of rotatable bonds is 19. The van der Waals surface area contributed by atoms with Gasteiger partial charge in [0, 0.05) is 48.1 Å². The van der Waals surface area contributed by atoms with E-state index in [1.54, 1.807) is 153 Å². The van der Waals surface area contributed by atoms with Crippen LogP contribution in [0.3, 0.4) is 0 Å². The molecule has 9 heterocycles. The van der Waals surface area contributed by atoms with Crippen molar-refractivity contribution in [3.05, 3.63) is 107 Å². The quantitative estimate of drug-likeness (QED) is 0.0370. The van der Waals surface area contributed by atoms with Crippen molar-refractivity contribution in [3.8, 4) is 17.6 Å². The number of carbonyl (C=O) groups is 7. The van der Waals surface area contributed by atoms with Gasteiger partial charge >= 0.3 is 30.3 Å². The summed E-state index contributed by atoms with van der Waals surface area (Å²) in [6, 6.07) is 9.30. The number of hydrogen-bond acceptors (Lipinski definition) is 27. The molecule has 0 aromatic carbocycles. The average molecular weight is 1620 g/mol. The number of imide groups is 2. The van der Waals surface area contributed by atoms with E-state index in [0.717, 1.165) is 17.1 Å². The number of carbonyl (C=O) groups excluding carboxylic acids is 6. The third-order valence-corrected chi connectivity index (χ3v) is 16.3. The molecule has 3 aliphatic carbocycles. The van der Waals surface area contributed by atoms with Crippen molar-refractivity contribution in [2.24, 2.45) is 5.92 Å². The van der Waals surface area contributed by atoms with E-state index >= 15 is 0 Å². The van der Waals surface area contributed by atoms with Crippen LogP contribution in [0, 0.1) is 26.7 Å². The summed E-state index contributed by atoms with van der Waals surface area (Å²) in [7, 11) is 0. The van der Waals surface area contributed by atoms with Crippen molar-refractivity contribution in [3.63, 3.8) is 0 Å². The second kappa shape index (κ2) is 35.1. The minimum Gasteiger partial charge on any atom is -0.477 e. The Morgan fingerprint density at radius 2 is 0.750 bits per heavy atom. The van der Waals surface area contributed by atoms with Gasteiger partial charge in [0.05, 0.1) is 49.0 Å². The summed E-state index contributed by atoms with van der Waals surface area (Å²) in [6.07, 6.45) is 2.63. The van der Waals surface area contributed by atoms with Gasteiger partial charge in [0.2, 0.25) is 17.6 Å². The number of aromatic nitrogens is 12. The number of halogens is 3. The highest BCUT2D eigenvalue weighted by molar-refractivity contribution is 6.12. The van der Waals surface area contributed by atoms with E-state index in [1.165, 1.54) is 21.4 Å². The smallest absolute Gasteiger partial charge is 0.425 e. The fourth-order valence-corrected chi connectivity index (χ4v) is 10.5. The van der Waals surface area contributed by atoms with E-state index in [0.29, 0.717) is 62.3 Å². The molecular formula is C78H101F3N20O15. The Kier molecular flexibility index (Phi) is 26.5. The molecule has 6 atom stereocenters. The second-order valence-corrected chi connectivity index (χ2v) is 32.4. The minimum absolute atomic E-state index is 0.00145. The number of pyridine rings is 3. The molecule has 0 radical (unpaired) electrons. The van der Waals surface area contributed by atoms with Crippen molar-refractivity contribution in [2.75, 3.05) is 31.5 Å². The first kappa shape index (κ1) is 87.6. The van der Waals surface area contributed by atoms with Gasteiger partial charge in [-0.05, 0) is 194 Å². The zero-order valence-corrected chi connectivity index (χ0v) is 68.9. The Morgan fingerprint density at radius 1 is 0.474 bits per heavy atom. The zero-order valence-electron chi connectivity index (χ0n) is 68.9. The van der Waals surface area contributed by atoms with Gasteiger partial charge in [0.15, 0.2) is 28.6 Å². The number of amides is 6. The Balaban J connectivity index is 0.000000195. The second-order valence-electron chi connectivity index (χ2n) is 32.4. The van der Waals surface area contributed by atoms with Crippen LogP contribution in [0.5, 0.6) is 17.6 Å². The number of nitrogens with zero attached hydrogens (tertiary/aromatic N) is 14. The van der Waals surface area contributed by atoms with Gasteiger partial charge in [-0.2, -0.15) is 38.6 Å². The standard InChI is InChI=1S/C29H38FN7O6.C26H34N6O7.C19H22FN7O2.C4H7F/c1-15(2)41-24-19(11-10-12-31-24)33-21-16(3)25(36(26(39)42-28(4,5)6)27(40)43-29(7,8)9)37-22(35-21)17(14-32-37)23(38)34-20-13-18(20)30;1-14(2)37-20-17(11-10-12-27-20)29-18-15(3)21(32-19(30-18)16(13-28-32)22(33)34)31(23(35)38-25(4,5)6)24(36)39-26(7,8)9;1-9(2)29-19-13(5-4-6-22-19)24-16-10(3)15(21)27-17(26-16)11(8-23-27)18(28)25-14-7-12(14)20;1-3-2-4(3)5/h10-12,14-15,18,20H,13H2,1-9H3,(H,33,35)(H,34,38);10-14H,1-9H3,(H,29,30)(H,33,34);4-6,8-9,12,14H,7,21H2,1-3H3,(H,24,26)(H,25,28);3-4H,2H2,1H3/t18-,20+;;12-,14+;3-,4+/m0.01/s1. The maximum Gasteiger partial charge on any atom is 0.425 e. The van der Waals surface area contributed by atoms with Crippen LogP contribution >= 0.6 is 0 Å². The maximum atomic E-state index is 13.6. The van der Waals surface area contributed by atoms with Gasteiger partial charge in [-0.3, -0.25) is 9.59 Å². The first-order chi connectivity index (χ1) is 54.1. The average Bonchev–Trinajstić information content (AvgIpc) is 1.53. The van der Waals surface area contributed by atoms with Crippen LogP contribution in [0.4, 0.5) is 84.3 Å². The number of hydrogen-bond donors (Lipinski definition) is 7. The van der Waals surface area contributed by atoms with E-state index in [1.807, 2.05) is 54.5 Å². The Hall–Kier alpha value is -12.4. The normalized spacial score (nSPS) is 16.8. The van der Waals surface area contributed by atoms with Gasteiger partial charge in [0.1, 0.15) is 97.9 Å². The van der Waals surface area contributed by atoms with Crippen LogP contribution in [-0.2, 0) is 18.9 Å². The van der Waals surface area contributed by atoms with Crippen LogP contribution < -0.4 is 56.3 Å². The zero-order chi connectivity index (χ0) is 85.7. The summed E-state index contributed by atoms with van der Waals surface area (Å²) in [5.74, 6) is -0.114. The number of anilines is 9. The maximum absolute atomic E-state index is 13.6. The number of ether oxygens (including phenoxy) is 7. The molecule has 0 spiro atoms. The predicted molar refractivity (Wildman–Crippen MR) is 425 cm³/mol. The van der Waals surface area contributed by atoms with Gasteiger partial charge < -0.3 is 70.6 Å². The van der Waals surface area contributed by atoms with E-state index in [-0.39, 0.29) is 105 Å². The fraction of sp³-hybridized carbons (Fsp3) is 0.487. The predicted octanol–water partition coefficient (Wildman–Crippen LogP) is 14.6. The summed E-state index contributed by atoms with van der Waals surface area (Å²) >= 11 is 0. The first-order valence-electron chi connectivity index (χ1n) is 37.4. The van der Waals surface area contributed by atoms with Gasteiger partial charge in [-0.1, -0.05) is 6.92 Å². The Labute approximate surface area is 667 Å². The van der Waals surface area contributed by atoms with Crippen molar-refractivity contribution in [1.82, 2.24) is 69.4 Å². The highest BCUT2D eigenvalue weighted by atomic mass is 19.1. The van der Waals surface area contributed by atoms with Crippen LogP contribution in [-0.4, -0.2) is 177 Å². The highest BCUT2D eigenvalue weighted by Crippen LogP contribution is 2.39. The molecule has 9 aromatic heterocycles. The van der Waals surface area contributed by atoms with E-state index in [9.17, 15) is 51.8 Å². The van der Waals surface area contributed by atoms with Gasteiger partial charge in [0.25, 0.3) is 11.8 Å². The number of nitrogen functional groups attached to an aromatic ring is 1. The summed E-state index contributed by atoms with van der Waals surface area (Å²) in [5.41, 5.74) is 5.14. The molecule has 116 heavy (non-hydrogen) atoms. The number of nitrogens with one attached hydrogen (secondary N) is 5. The fourth-order valence-electron chi connectivity index (χ4n) is 10.5. The summed E-state index contributed by atoms with van der Waals surface area (Å²) < 4.78 is 81.5. The largest absolute Gasteiger partial charge is 0.477 e. The molecule has 9 aromatic rings. The lowest BCUT2D eigenvalue weighted by Gasteiger charge is -2.29. The first-order valence-corrected chi connectivity index (χ1v) is 37.4. The highest BCUT2D eigenvalue weighted by Gasteiger charge is 2.43. The Morgan fingerprint density at radius 3 is 1.03 bits per heavy atom. The molecule has 8 N–H and O–H groups in total. The van der Waals surface area contributed by atoms with E-state index < -0.39 is 95.2 Å². The molecule has 0 saturated heterocycles. The summed E-state index contributed by atoms with van der Waals surface area (Å²) in [4.78, 5) is 120. The van der Waals surface area contributed by atoms with Gasteiger partial charge in [-0.25, -0.2) is 67.0 Å². The van der Waals surface area contributed by atoms with Crippen LogP contribution in [0.1, 0.15) is 199 Å². The molecule has 3 fully saturated rings. The van der Waals surface area contributed by atoms with Crippen LogP contribution in [0.15, 0.2) is 73.6 Å². The van der Waals surface area contributed by atoms with Crippen LogP contribution in [0.2, 0.25) is 0 Å². The molecule has 624 valence electrons. The molecule has 0 unspecified atom stereocenters. The lowest BCUT2D eigenvalue weighted by molar-refractivity contribution is 0.0405. The minimum atomic E-state index is -1.30. The molecule has 6 amide bonds. The lowest BCUT2D eigenvalue weighted by Crippen LogP contribution is -2.45. The SMILES string of the molecule is C[C@@H]1C[C@@H]1F.Cc1c(Nc2cccnc2OC(C)C)nc2c(C(=O)N[C@@H]3C[C@@H]3F)cnn2c1N.Cc1c(Nc2cccnc2OC(C)C)nc2c(C(=O)N[C@@H]3C[C@@H]3F)cnn2c1N(C(=O)OC(C)(C)C)C(=O)OC(C)(C)C.Cc1c(Nc2cccnc2OC(C)C)nc2c(C(=O)O)cnn2c1N(C(=O)OC(C)(C)C)C(=O)OC(C)(C)C. The van der Waals surface area contributed by atoms with E-state index in [2.05, 4.69) is 71.8 Å². The third-order valence-electron chi connectivity index (χ3n) is 16.3. The molecule has 38 heteroatoms. The van der Waals surface area contributed by atoms with Crippen molar-refractivity contribution in [2.45, 2.75) is 243 Å². The van der Waals surface area contributed by atoms with Crippen LogP contribution in [0.25, 0.3) is 16.9 Å². The molecule has 3 saturated carbocycles. The number of alkyl halides is 3. The van der Waals surface area contributed by atoms with Gasteiger partial charge in [-0.15, -0.1) is 0 Å². The summed E-state index contributed by atoms with van der Waals surface area (Å²) in [5, 5.41) is 37.1. The summed E-state index contributed by atoms with van der Waals surface area (Å²) in [6.45, 7) is 38.0. The molecule has 35 nitrogen and oxygen atoms in total. The molecular weight excluding hydrogens is 1510 g/mol. The molecule has 12 rings (SSSR count). The molecule has 3 aliphatic rings. The number of aromatic carboxylic acids is 1.